The van der Waals surface area contributed by atoms with Gasteiger partial charge in [-0.25, -0.2) is 4.98 Å². The van der Waals surface area contributed by atoms with Crippen LogP contribution >= 0.6 is 22.9 Å². The predicted octanol–water partition coefficient (Wildman–Crippen LogP) is 3.57. The molecule has 0 spiro atoms. The van der Waals surface area contributed by atoms with E-state index in [2.05, 4.69) is 10.3 Å². The molecular formula is C22H22ClN3O5S. The van der Waals surface area contributed by atoms with Gasteiger partial charge in [-0.15, -0.1) is 11.3 Å². The van der Waals surface area contributed by atoms with Gasteiger partial charge in [-0.3, -0.25) is 19.0 Å². The molecule has 0 fully saturated rings. The van der Waals surface area contributed by atoms with Crippen molar-refractivity contribution in [1.29, 1.82) is 0 Å². The first-order chi connectivity index (χ1) is 15.5. The van der Waals surface area contributed by atoms with Gasteiger partial charge < -0.3 is 14.8 Å². The fraction of sp³-hybridized carbons (Fsp3) is 0.364. The van der Waals surface area contributed by atoms with Gasteiger partial charge in [-0.05, 0) is 49.4 Å². The van der Waals surface area contributed by atoms with E-state index in [0.29, 0.717) is 21.8 Å². The van der Waals surface area contributed by atoms with Crippen LogP contribution in [0.15, 0.2) is 29.3 Å². The van der Waals surface area contributed by atoms with Crippen LogP contribution in [0.2, 0.25) is 5.02 Å². The number of benzene rings is 1. The highest BCUT2D eigenvalue weighted by atomic mass is 35.5. The highest BCUT2D eigenvalue weighted by molar-refractivity contribution is 7.18. The molecule has 0 saturated carbocycles. The van der Waals surface area contributed by atoms with E-state index in [1.165, 1.54) is 22.9 Å². The second-order valence-electron chi connectivity index (χ2n) is 7.44. The first kappa shape index (κ1) is 22.3. The maximum Gasteiger partial charge on any atom is 0.308 e. The molecular weight excluding hydrogens is 454 g/mol. The molecule has 1 N–H and O–H groups in total. The van der Waals surface area contributed by atoms with Gasteiger partial charge in [-0.2, -0.15) is 0 Å². The quantitative estimate of drug-likeness (QED) is 0.524. The Morgan fingerprint density at radius 2 is 2.09 bits per heavy atom. The number of aromatic nitrogens is 2. The van der Waals surface area contributed by atoms with E-state index in [4.69, 9.17) is 21.1 Å². The van der Waals surface area contributed by atoms with Gasteiger partial charge in [0.15, 0.2) is 6.61 Å². The number of anilines is 1. The lowest BCUT2D eigenvalue weighted by atomic mass is 9.97. The lowest BCUT2D eigenvalue weighted by Gasteiger charge is -2.11. The van der Waals surface area contributed by atoms with Crippen molar-refractivity contribution in [2.45, 2.75) is 38.6 Å². The Labute approximate surface area is 193 Å². The zero-order valence-electron chi connectivity index (χ0n) is 17.5. The van der Waals surface area contributed by atoms with Crippen LogP contribution in [0.25, 0.3) is 10.2 Å². The van der Waals surface area contributed by atoms with E-state index in [9.17, 15) is 14.4 Å². The normalized spacial score (nSPS) is 12.9. The number of carbonyl (C=O) groups excluding carboxylic acids is 2. The molecule has 0 bridgehead atoms. The number of thiophene rings is 1. The fourth-order valence-electron chi connectivity index (χ4n) is 3.73. The van der Waals surface area contributed by atoms with Gasteiger partial charge in [0.05, 0.1) is 30.9 Å². The second kappa shape index (κ2) is 9.70. The van der Waals surface area contributed by atoms with Crippen LogP contribution < -0.4 is 15.6 Å². The van der Waals surface area contributed by atoms with Gasteiger partial charge in [0.1, 0.15) is 10.6 Å². The average molecular weight is 476 g/mol. The number of nitrogens with zero attached hydrogens (tertiary/aromatic N) is 2. The summed E-state index contributed by atoms with van der Waals surface area (Å²) in [6.45, 7) is -0.326. The molecule has 3 aromatic rings. The van der Waals surface area contributed by atoms with Crippen LogP contribution in [0.5, 0.6) is 5.75 Å². The number of hydrogen-bond acceptors (Lipinski definition) is 7. The van der Waals surface area contributed by atoms with Crippen LogP contribution in [0, 0.1) is 0 Å². The summed E-state index contributed by atoms with van der Waals surface area (Å²) in [6.07, 6.45) is 5.52. The minimum atomic E-state index is -0.586. The van der Waals surface area contributed by atoms with Crippen molar-refractivity contribution in [3.63, 3.8) is 0 Å². The maximum absolute atomic E-state index is 12.9. The van der Waals surface area contributed by atoms with Gasteiger partial charge in [0, 0.05) is 16.4 Å². The molecule has 1 aromatic carbocycles. The number of methoxy groups -OCH3 is 1. The van der Waals surface area contributed by atoms with Gasteiger partial charge in [-0.1, -0.05) is 11.6 Å². The number of hydrogen-bond donors (Lipinski definition) is 1. The number of nitrogens with one attached hydrogen (secondary N) is 1. The summed E-state index contributed by atoms with van der Waals surface area (Å²) in [5, 5.41) is 3.70. The Morgan fingerprint density at radius 1 is 1.28 bits per heavy atom. The third-order valence-corrected chi connectivity index (χ3v) is 6.73. The molecule has 10 heteroatoms. The second-order valence-corrected chi connectivity index (χ2v) is 8.96. The number of esters is 1. The van der Waals surface area contributed by atoms with Crippen LogP contribution in [0.3, 0.4) is 0 Å². The molecule has 0 atom stereocenters. The summed E-state index contributed by atoms with van der Waals surface area (Å²) in [5.41, 5.74) is 1.36. The summed E-state index contributed by atoms with van der Waals surface area (Å²) in [6, 6.07) is 4.80. The zero-order chi connectivity index (χ0) is 22.7. The highest BCUT2D eigenvalue weighted by Crippen LogP contribution is 2.33. The lowest BCUT2D eigenvalue weighted by Crippen LogP contribution is -2.24. The lowest BCUT2D eigenvalue weighted by molar-refractivity contribution is -0.147. The van der Waals surface area contributed by atoms with E-state index in [1.54, 1.807) is 29.5 Å². The molecule has 1 amide bonds. The fourth-order valence-corrected chi connectivity index (χ4v) is 5.13. The standard InChI is InChI=1S/C22H22ClN3O5S/c1-30-16-7-6-13(23)10-15(16)25-18(27)11-31-19(28)8-9-26-12-24-21-20(22(26)29)14-4-2-3-5-17(14)32-21/h6-7,10,12H,2-5,8-9,11H2,1H3,(H,25,27). The minimum absolute atomic E-state index is 0.0484. The zero-order valence-corrected chi connectivity index (χ0v) is 19.1. The van der Waals surface area contributed by atoms with Crippen LogP contribution in [0.4, 0.5) is 5.69 Å². The first-order valence-corrected chi connectivity index (χ1v) is 11.4. The number of rotatable bonds is 7. The largest absolute Gasteiger partial charge is 0.495 e. The molecule has 0 aliphatic heterocycles. The highest BCUT2D eigenvalue weighted by Gasteiger charge is 2.20. The number of carbonyl (C=O) groups is 2. The van der Waals surface area contributed by atoms with Gasteiger partial charge >= 0.3 is 5.97 Å². The molecule has 8 nitrogen and oxygen atoms in total. The summed E-state index contributed by atoms with van der Waals surface area (Å²) in [7, 11) is 1.47. The van der Waals surface area contributed by atoms with Gasteiger partial charge in [0.25, 0.3) is 11.5 Å². The third-order valence-electron chi connectivity index (χ3n) is 5.30. The smallest absolute Gasteiger partial charge is 0.308 e. The van der Waals surface area contributed by atoms with E-state index in [1.807, 2.05) is 0 Å². The molecule has 168 valence electrons. The van der Waals surface area contributed by atoms with Crippen molar-refractivity contribution in [3.8, 4) is 5.75 Å². The molecule has 0 unspecified atom stereocenters. The van der Waals surface area contributed by atoms with Crippen molar-refractivity contribution < 1.29 is 19.1 Å². The van der Waals surface area contributed by atoms with Crippen LogP contribution in [-0.4, -0.2) is 35.1 Å². The summed E-state index contributed by atoms with van der Waals surface area (Å²) in [4.78, 5) is 43.6. The van der Waals surface area contributed by atoms with Crippen LogP contribution in [0.1, 0.15) is 29.7 Å². The molecule has 2 aromatic heterocycles. The Morgan fingerprint density at radius 3 is 2.91 bits per heavy atom. The molecule has 0 radical (unpaired) electrons. The van der Waals surface area contributed by atoms with E-state index >= 15 is 0 Å². The van der Waals surface area contributed by atoms with E-state index < -0.39 is 18.5 Å². The van der Waals surface area contributed by atoms with Crippen molar-refractivity contribution in [1.82, 2.24) is 9.55 Å². The average Bonchev–Trinajstić information content (AvgIpc) is 3.17. The Bertz CT molecular complexity index is 1240. The summed E-state index contributed by atoms with van der Waals surface area (Å²) >= 11 is 7.53. The number of amides is 1. The third kappa shape index (κ3) is 4.78. The summed E-state index contributed by atoms with van der Waals surface area (Å²) in [5.74, 6) is -0.673. The Balaban J connectivity index is 1.34. The van der Waals surface area contributed by atoms with Crippen LogP contribution in [-0.2, 0) is 33.7 Å². The van der Waals surface area contributed by atoms with Crippen molar-refractivity contribution >= 4 is 50.7 Å². The number of aryl methyl sites for hydroxylation is 3. The van der Waals surface area contributed by atoms with Crippen molar-refractivity contribution in [2.24, 2.45) is 0 Å². The van der Waals surface area contributed by atoms with Crippen molar-refractivity contribution in [3.05, 3.63) is 50.3 Å². The first-order valence-electron chi connectivity index (χ1n) is 10.2. The monoisotopic (exact) mass is 475 g/mol. The SMILES string of the molecule is COc1ccc(Cl)cc1NC(=O)COC(=O)CCn1cnc2sc3c(c2c1=O)CCCC3. The molecule has 0 saturated heterocycles. The van der Waals surface area contributed by atoms with Gasteiger partial charge in [0.2, 0.25) is 0 Å². The Kier molecular flexibility index (Phi) is 6.76. The summed E-state index contributed by atoms with van der Waals surface area (Å²) < 4.78 is 11.6. The van der Waals surface area contributed by atoms with E-state index in [-0.39, 0.29) is 18.5 Å². The van der Waals surface area contributed by atoms with E-state index in [0.717, 1.165) is 36.1 Å². The molecule has 4 rings (SSSR count). The predicted molar refractivity (Wildman–Crippen MR) is 123 cm³/mol. The molecule has 1 aliphatic carbocycles. The number of ether oxygens (including phenoxy) is 2. The molecule has 2 heterocycles. The number of halogens is 1. The maximum atomic E-state index is 12.9. The van der Waals surface area contributed by atoms with Crippen molar-refractivity contribution in [2.75, 3.05) is 19.0 Å². The topological polar surface area (TPSA) is 99.5 Å². The molecule has 32 heavy (non-hydrogen) atoms. The molecule has 1 aliphatic rings. The minimum Gasteiger partial charge on any atom is -0.495 e. The number of fused-ring (bicyclic) bond motifs is 3. The Hall–Kier alpha value is -2.91.